The third kappa shape index (κ3) is 5.58. The van der Waals surface area contributed by atoms with E-state index in [4.69, 9.17) is 27.9 Å². The maximum absolute atomic E-state index is 14.8. The summed E-state index contributed by atoms with van der Waals surface area (Å²) in [6.07, 6.45) is 3.40. The summed E-state index contributed by atoms with van der Waals surface area (Å²) in [4.78, 5) is 13.4. The van der Waals surface area contributed by atoms with Gasteiger partial charge in [-0.15, -0.1) is 0 Å². The Hall–Kier alpha value is -3.63. The second-order valence-electron chi connectivity index (χ2n) is 8.39. The Labute approximate surface area is 237 Å². The first-order chi connectivity index (χ1) is 18.9. The molecule has 2 heterocycles. The van der Waals surface area contributed by atoms with Crippen LogP contribution in [0.1, 0.15) is 11.1 Å². The van der Waals surface area contributed by atoms with Crippen LogP contribution in [0.5, 0.6) is 5.75 Å². The van der Waals surface area contributed by atoms with Crippen LogP contribution in [0.2, 0.25) is 10.0 Å². The van der Waals surface area contributed by atoms with Crippen molar-refractivity contribution in [2.24, 2.45) is 0 Å². The first-order valence-corrected chi connectivity index (χ1v) is 13.6. The van der Waals surface area contributed by atoms with Crippen molar-refractivity contribution in [1.82, 2.24) is 19.7 Å². The lowest BCUT2D eigenvalue weighted by molar-refractivity contribution is 0.195. The van der Waals surface area contributed by atoms with Crippen molar-refractivity contribution in [2.75, 3.05) is 6.26 Å². The summed E-state index contributed by atoms with van der Waals surface area (Å²) >= 11 is 14.4. The Kier molecular flexibility index (Phi) is 8.04. The summed E-state index contributed by atoms with van der Waals surface area (Å²) in [5, 5.41) is 21.8. The lowest BCUT2D eigenvalue weighted by Crippen LogP contribution is -2.01. The number of aromatic nitrogens is 4. The number of hydrogen-bond donors (Lipinski definition) is 2. The van der Waals surface area contributed by atoms with Crippen LogP contribution in [-0.2, 0) is 13.2 Å². The number of benzene rings is 3. The number of hydrogen-bond acceptors (Lipinski definition) is 7. The number of rotatable bonds is 8. The van der Waals surface area contributed by atoms with E-state index in [0.29, 0.717) is 27.7 Å². The molecule has 0 aliphatic carbocycles. The smallest absolute Gasteiger partial charge is 0.187 e. The number of nitrogens with zero attached hydrogens (tertiary/aromatic N) is 4. The topological polar surface area (TPSA) is 93.3 Å². The van der Waals surface area contributed by atoms with Gasteiger partial charge in [0, 0.05) is 11.8 Å². The minimum Gasteiger partial charge on any atom is -0.486 e. The molecule has 2 aromatic heterocycles. The van der Waals surface area contributed by atoms with Gasteiger partial charge in [0.05, 0.1) is 27.9 Å². The molecule has 0 saturated carbocycles. The quantitative estimate of drug-likeness (QED) is 0.114. The highest BCUT2D eigenvalue weighted by Crippen LogP contribution is 2.41. The summed E-state index contributed by atoms with van der Waals surface area (Å²) < 4.78 is 21.4. The normalized spacial score (nSPS) is 11.1. The first-order valence-electron chi connectivity index (χ1n) is 11.6. The second kappa shape index (κ2) is 11.6. The molecule has 11 heteroatoms. The number of aliphatic hydroxyl groups excluding tert-OH is 1. The minimum atomic E-state index is -0.544. The average Bonchev–Trinajstić information content (AvgIpc) is 3.29. The molecule has 7 nitrogen and oxygen atoms in total. The molecule has 0 fully saturated rings. The van der Waals surface area contributed by atoms with Crippen molar-refractivity contribution >= 4 is 35.0 Å². The van der Waals surface area contributed by atoms with E-state index in [1.54, 1.807) is 24.4 Å². The number of thioether (sulfide) groups is 1. The van der Waals surface area contributed by atoms with Crippen molar-refractivity contribution in [1.29, 1.82) is 0 Å². The van der Waals surface area contributed by atoms with Gasteiger partial charge in [-0.2, -0.15) is 4.73 Å². The number of halogens is 3. The molecule has 198 valence electrons. The lowest BCUT2D eigenvalue weighted by Gasteiger charge is -2.10. The fourth-order valence-corrected chi connectivity index (χ4v) is 5.06. The van der Waals surface area contributed by atoms with E-state index in [2.05, 4.69) is 15.0 Å². The predicted molar refractivity (Wildman–Crippen MR) is 150 cm³/mol. The summed E-state index contributed by atoms with van der Waals surface area (Å²) in [5.74, 6) is -0.482. The van der Waals surface area contributed by atoms with Crippen LogP contribution in [-0.4, -0.2) is 36.3 Å². The second-order valence-corrected chi connectivity index (χ2v) is 9.97. The standard InChI is InChI=1S/C28H21Cl2FN4O3S/c1-39-28-32-10-9-22(33-28)26-25(34-27(35(26)37)24-19(29)11-17(14-36)12-20(24)30)18-7-8-21(31)23(13-18)38-15-16-5-3-2-4-6-16/h2-13,36-37H,14-15H2,1H3. The van der Waals surface area contributed by atoms with Crippen molar-refractivity contribution in [3.63, 3.8) is 0 Å². The van der Waals surface area contributed by atoms with Gasteiger partial charge in [-0.05, 0) is 53.8 Å². The molecular formula is C28H21Cl2FN4O3S. The molecule has 2 N–H and O–H groups in total. The molecule has 0 saturated heterocycles. The third-order valence-corrected chi connectivity index (χ3v) is 7.02. The number of ether oxygens (including phenoxy) is 1. The SMILES string of the molecule is CSc1nccc(-c2c(-c3ccc(F)c(OCc4ccccc4)c3)nc(-c3c(Cl)cc(CO)cc3Cl)n2O)n1. The highest BCUT2D eigenvalue weighted by molar-refractivity contribution is 7.98. The van der Waals surface area contributed by atoms with E-state index >= 15 is 0 Å². The Bertz CT molecular complexity index is 1630. The molecule has 0 bridgehead atoms. The van der Waals surface area contributed by atoms with E-state index in [1.807, 2.05) is 36.6 Å². The molecule has 0 radical (unpaired) electrons. The van der Waals surface area contributed by atoms with Gasteiger partial charge in [0.25, 0.3) is 0 Å². The maximum atomic E-state index is 14.8. The molecule has 0 spiro atoms. The summed E-state index contributed by atoms with van der Waals surface area (Å²) in [6, 6.07) is 18.5. The van der Waals surface area contributed by atoms with Crippen LogP contribution >= 0.6 is 35.0 Å². The van der Waals surface area contributed by atoms with Gasteiger partial charge < -0.3 is 15.1 Å². The Morgan fingerprint density at radius 2 is 1.72 bits per heavy atom. The summed E-state index contributed by atoms with van der Waals surface area (Å²) in [6.45, 7) is -0.0945. The summed E-state index contributed by atoms with van der Waals surface area (Å²) in [7, 11) is 0. The average molecular weight is 583 g/mol. The van der Waals surface area contributed by atoms with Crippen molar-refractivity contribution in [3.05, 3.63) is 99.9 Å². The van der Waals surface area contributed by atoms with Gasteiger partial charge in [0.1, 0.15) is 18.0 Å². The van der Waals surface area contributed by atoms with Gasteiger partial charge in [0.2, 0.25) is 0 Å². The lowest BCUT2D eigenvalue weighted by atomic mass is 10.1. The highest BCUT2D eigenvalue weighted by Gasteiger charge is 2.26. The molecular weight excluding hydrogens is 562 g/mol. The molecule has 0 atom stereocenters. The Morgan fingerprint density at radius 1 is 0.974 bits per heavy atom. The van der Waals surface area contributed by atoms with E-state index in [-0.39, 0.29) is 46.1 Å². The number of imidazole rings is 1. The molecule has 39 heavy (non-hydrogen) atoms. The molecule has 0 amide bonds. The fourth-order valence-electron chi connectivity index (χ4n) is 4.00. The van der Waals surface area contributed by atoms with Crippen molar-refractivity contribution in [2.45, 2.75) is 18.4 Å². The summed E-state index contributed by atoms with van der Waals surface area (Å²) in [5.41, 5.74) is 3.00. The van der Waals surface area contributed by atoms with Crippen LogP contribution in [0.15, 0.2) is 78.1 Å². The van der Waals surface area contributed by atoms with Gasteiger partial charge in [-0.1, -0.05) is 65.3 Å². The molecule has 5 rings (SSSR count). The first kappa shape index (κ1) is 27.0. The zero-order chi connectivity index (χ0) is 27.5. The van der Waals surface area contributed by atoms with Gasteiger partial charge in [-0.25, -0.2) is 19.3 Å². The molecule has 0 aliphatic rings. The minimum absolute atomic E-state index is 0.0206. The van der Waals surface area contributed by atoms with E-state index in [1.165, 1.54) is 30.0 Å². The molecule has 0 unspecified atom stereocenters. The van der Waals surface area contributed by atoms with E-state index in [0.717, 1.165) is 10.3 Å². The number of aliphatic hydroxyl groups is 1. The van der Waals surface area contributed by atoms with Crippen molar-refractivity contribution in [3.8, 4) is 39.8 Å². The van der Waals surface area contributed by atoms with Crippen LogP contribution in [0, 0.1) is 5.82 Å². The Balaban J connectivity index is 1.67. The van der Waals surface area contributed by atoms with E-state index in [9.17, 15) is 14.7 Å². The van der Waals surface area contributed by atoms with Crippen LogP contribution in [0.3, 0.4) is 0 Å². The molecule has 3 aromatic carbocycles. The van der Waals surface area contributed by atoms with E-state index < -0.39 is 5.82 Å². The van der Waals surface area contributed by atoms with Crippen LogP contribution < -0.4 is 4.74 Å². The highest BCUT2D eigenvalue weighted by atomic mass is 35.5. The van der Waals surface area contributed by atoms with Gasteiger partial charge in [-0.3, -0.25) is 0 Å². The Morgan fingerprint density at radius 3 is 2.41 bits per heavy atom. The van der Waals surface area contributed by atoms with Gasteiger partial charge in [0.15, 0.2) is 22.5 Å². The third-order valence-electron chi connectivity index (χ3n) is 5.86. The fraction of sp³-hybridized carbons (Fsp3) is 0.107. The largest absolute Gasteiger partial charge is 0.486 e. The molecule has 5 aromatic rings. The monoisotopic (exact) mass is 582 g/mol. The van der Waals surface area contributed by atoms with Crippen LogP contribution in [0.4, 0.5) is 4.39 Å². The van der Waals surface area contributed by atoms with Crippen molar-refractivity contribution < 1.29 is 19.4 Å². The zero-order valence-electron chi connectivity index (χ0n) is 20.5. The van der Waals surface area contributed by atoms with Crippen LogP contribution in [0.25, 0.3) is 34.0 Å². The molecule has 0 aliphatic heterocycles. The predicted octanol–water partition coefficient (Wildman–Crippen LogP) is 7.15. The van der Waals surface area contributed by atoms with Gasteiger partial charge >= 0.3 is 0 Å². The zero-order valence-corrected chi connectivity index (χ0v) is 22.8. The maximum Gasteiger partial charge on any atom is 0.187 e.